The molecule has 0 radical (unpaired) electrons. The van der Waals surface area contributed by atoms with E-state index < -0.39 is 5.79 Å². The molecule has 182 valence electrons. The van der Waals surface area contributed by atoms with E-state index in [0.717, 1.165) is 29.5 Å². The number of likely N-dealkylation sites (tertiary alicyclic amines) is 1. The van der Waals surface area contributed by atoms with E-state index in [4.69, 9.17) is 14.2 Å². The van der Waals surface area contributed by atoms with Gasteiger partial charge < -0.3 is 24.4 Å². The van der Waals surface area contributed by atoms with Crippen LogP contribution in [0.15, 0.2) is 91.0 Å². The number of carbonyl (C=O) groups excluding carboxylic acids is 1. The standard InChI is InChI=1S/C29H32N2O4/c1-30-25-17-18-31(28(32)33-20-22-11-5-2-6-12-22)26(19-25)27-21-34-29(35-27,23-13-7-3-8-14-23)24-15-9-4-10-16-24/h2-16,25-27,30H,17-21H2,1H3/t25-,26-,27+/m0/s1. The molecular formula is C29H32N2O4. The summed E-state index contributed by atoms with van der Waals surface area (Å²) >= 11 is 0. The molecule has 0 aliphatic carbocycles. The maximum atomic E-state index is 13.2. The number of nitrogens with zero attached hydrogens (tertiary/aromatic N) is 1. The molecule has 2 fully saturated rings. The van der Waals surface area contributed by atoms with Gasteiger partial charge in [0.1, 0.15) is 12.7 Å². The first-order valence-electron chi connectivity index (χ1n) is 12.3. The third-order valence-corrected chi connectivity index (χ3v) is 7.00. The van der Waals surface area contributed by atoms with Gasteiger partial charge in [0.05, 0.1) is 12.6 Å². The summed E-state index contributed by atoms with van der Waals surface area (Å²) in [6.45, 7) is 1.24. The van der Waals surface area contributed by atoms with E-state index in [9.17, 15) is 4.79 Å². The molecule has 2 heterocycles. The summed E-state index contributed by atoms with van der Waals surface area (Å²) in [4.78, 5) is 15.1. The molecule has 35 heavy (non-hydrogen) atoms. The number of nitrogens with one attached hydrogen (secondary N) is 1. The van der Waals surface area contributed by atoms with Crippen LogP contribution in [0.1, 0.15) is 29.5 Å². The Morgan fingerprint density at radius 1 is 0.971 bits per heavy atom. The van der Waals surface area contributed by atoms with Gasteiger partial charge in [0.15, 0.2) is 0 Å². The van der Waals surface area contributed by atoms with Crippen molar-refractivity contribution in [3.63, 3.8) is 0 Å². The summed E-state index contributed by atoms with van der Waals surface area (Å²) in [5, 5.41) is 3.38. The van der Waals surface area contributed by atoms with Gasteiger partial charge in [0, 0.05) is 23.7 Å². The zero-order chi connectivity index (χ0) is 24.1. The lowest BCUT2D eigenvalue weighted by atomic mass is 9.93. The van der Waals surface area contributed by atoms with Gasteiger partial charge in [-0.3, -0.25) is 0 Å². The second-order valence-corrected chi connectivity index (χ2v) is 9.13. The summed E-state index contributed by atoms with van der Waals surface area (Å²) in [7, 11) is 1.97. The minimum absolute atomic E-state index is 0.168. The summed E-state index contributed by atoms with van der Waals surface area (Å²) in [6.07, 6.45) is 1.03. The molecule has 6 nitrogen and oxygen atoms in total. The topological polar surface area (TPSA) is 60.0 Å². The maximum absolute atomic E-state index is 13.2. The van der Waals surface area contributed by atoms with Crippen LogP contribution in [0.3, 0.4) is 0 Å². The van der Waals surface area contributed by atoms with Crippen LogP contribution in [-0.2, 0) is 26.6 Å². The lowest BCUT2D eigenvalue weighted by Crippen LogP contribution is -2.56. The number of piperidine rings is 1. The first-order valence-corrected chi connectivity index (χ1v) is 12.3. The van der Waals surface area contributed by atoms with Crippen molar-refractivity contribution in [2.75, 3.05) is 20.2 Å². The van der Waals surface area contributed by atoms with Gasteiger partial charge in [0.25, 0.3) is 0 Å². The van der Waals surface area contributed by atoms with Crippen molar-refractivity contribution in [1.82, 2.24) is 10.2 Å². The van der Waals surface area contributed by atoms with Crippen LogP contribution in [0.25, 0.3) is 0 Å². The second-order valence-electron chi connectivity index (χ2n) is 9.13. The van der Waals surface area contributed by atoms with Crippen LogP contribution >= 0.6 is 0 Å². The number of hydrogen-bond acceptors (Lipinski definition) is 5. The Hall–Kier alpha value is -3.19. The van der Waals surface area contributed by atoms with Crippen LogP contribution in [-0.4, -0.2) is 49.4 Å². The van der Waals surface area contributed by atoms with Crippen LogP contribution in [0, 0.1) is 0 Å². The van der Waals surface area contributed by atoms with E-state index in [1.807, 2.05) is 103 Å². The molecule has 0 spiro atoms. The largest absolute Gasteiger partial charge is 0.445 e. The quantitative estimate of drug-likeness (QED) is 0.564. The lowest BCUT2D eigenvalue weighted by molar-refractivity contribution is -0.151. The molecule has 3 aromatic rings. The third kappa shape index (κ3) is 4.96. The van der Waals surface area contributed by atoms with E-state index in [1.54, 1.807) is 0 Å². The first kappa shape index (κ1) is 23.5. The van der Waals surface area contributed by atoms with Gasteiger partial charge in [-0.25, -0.2) is 4.79 Å². The highest BCUT2D eigenvalue weighted by Crippen LogP contribution is 2.42. The number of ether oxygens (including phenoxy) is 3. The third-order valence-electron chi connectivity index (χ3n) is 7.00. The van der Waals surface area contributed by atoms with Crippen molar-refractivity contribution in [2.24, 2.45) is 0 Å². The summed E-state index contributed by atoms with van der Waals surface area (Å²) < 4.78 is 19.0. The van der Waals surface area contributed by atoms with Crippen molar-refractivity contribution in [3.05, 3.63) is 108 Å². The number of rotatable bonds is 6. The summed E-state index contributed by atoms with van der Waals surface area (Å²) in [6, 6.07) is 29.9. The molecule has 1 amide bonds. The Morgan fingerprint density at radius 2 is 1.57 bits per heavy atom. The normalized spacial score (nSPS) is 23.7. The van der Waals surface area contributed by atoms with Crippen molar-refractivity contribution in [3.8, 4) is 0 Å². The molecule has 6 heteroatoms. The Kier molecular flexibility index (Phi) is 7.13. The Morgan fingerprint density at radius 3 is 2.17 bits per heavy atom. The zero-order valence-corrected chi connectivity index (χ0v) is 20.0. The predicted molar refractivity (Wildman–Crippen MR) is 134 cm³/mol. The van der Waals surface area contributed by atoms with Gasteiger partial charge in [-0.15, -0.1) is 0 Å². The minimum Gasteiger partial charge on any atom is -0.445 e. The van der Waals surface area contributed by atoms with Gasteiger partial charge in [-0.2, -0.15) is 0 Å². The molecule has 5 rings (SSSR count). The summed E-state index contributed by atoms with van der Waals surface area (Å²) in [5.41, 5.74) is 2.84. The Labute approximate surface area is 206 Å². The molecule has 3 aromatic carbocycles. The van der Waals surface area contributed by atoms with Crippen molar-refractivity contribution in [2.45, 2.75) is 43.4 Å². The zero-order valence-electron chi connectivity index (χ0n) is 20.0. The Bertz CT molecular complexity index is 1050. The monoisotopic (exact) mass is 472 g/mol. The van der Waals surface area contributed by atoms with Gasteiger partial charge in [0.2, 0.25) is 5.79 Å². The fraction of sp³-hybridized carbons (Fsp3) is 0.345. The molecule has 0 aromatic heterocycles. The van der Waals surface area contributed by atoms with Crippen LogP contribution in [0.5, 0.6) is 0 Å². The molecule has 0 saturated carbocycles. The Balaban J connectivity index is 1.39. The molecular weight excluding hydrogens is 440 g/mol. The number of carbonyl (C=O) groups is 1. The fourth-order valence-corrected chi connectivity index (χ4v) is 5.10. The molecule has 1 N–H and O–H groups in total. The van der Waals surface area contributed by atoms with E-state index in [0.29, 0.717) is 19.2 Å². The molecule has 2 aliphatic rings. The highest BCUT2D eigenvalue weighted by molar-refractivity contribution is 5.68. The predicted octanol–water partition coefficient (Wildman–Crippen LogP) is 4.69. The lowest BCUT2D eigenvalue weighted by Gasteiger charge is -2.41. The van der Waals surface area contributed by atoms with Crippen LogP contribution < -0.4 is 5.32 Å². The smallest absolute Gasteiger partial charge is 0.410 e. The second kappa shape index (κ2) is 10.6. The van der Waals surface area contributed by atoms with Crippen LogP contribution in [0.2, 0.25) is 0 Å². The molecule has 0 bridgehead atoms. The van der Waals surface area contributed by atoms with Gasteiger partial charge in [-0.05, 0) is 25.5 Å². The molecule has 2 aliphatic heterocycles. The maximum Gasteiger partial charge on any atom is 0.410 e. The molecule has 3 atom stereocenters. The van der Waals surface area contributed by atoms with Gasteiger partial charge >= 0.3 is 6.09 Å². The number of hydrogen-bond donors (Lipinski definition) is 1. The van der Waals surface area contributed by atoms with Crippen molar-refractivity contribution < 1.29 is 19.0 Å². The molecule has 2 saturated heterocycles. The molecule has 0 unspecified atom stereocenters. The summed E-state index contributed by atoms with van der Waals surface area (Å²) in [5.74, 6) is -1.01. The van der Waals surface area contributed by atoms with Gasteiger partial charge in [-0.1, -0.05) is 91.0 Å². The highest BCUT2D eigenvalue weighted by Gasteiger charge is 2.50. The van der Waals surface area contributed by atoms with Crippen molar-refractivity contribution >= 4 is 6.09 Å². The van der Waals surface area contributed by atoms with E-state index in [1.165, 1.54) is 0 Å². The number of benzene rings is 3. The van der Waals surface area contributed by atoms with E-state index in [-0.39, 0.29) is 24.8 Å². The van der Waals surface area contributed by atoms with E-state index in [2.05, 4.69) is 5.32 Å². The number of amides is 1. The highest BCUT2D eigenvalue weighted by atomic mass is 16.7. The minimum atomic E-state index is -1.01. The average molecular weight is 473 g/mol. The van der Waals surface area contributed by atoms with Crippen molar-refractivity contribution in [1.29, 1.82) is 0 Å². The van der Waals surface area contributed by atoms with E-state index >= 15 is 0 Å². The SMILES string of the molecule is CN[C@H]1CCN(C(=O)OCc2ccccc2)[C@H]([C@H]2COC(c3ccccc3)(c3ccccc3)O2)C1. The van der Waals surface area contributed by atoms with Crippen LogP contribution in [0.4, 0.5) is 4.79 Å². The average Bonchev–Trinajstić information content (AvgIpc) is 3.40. The first-order chi connectivity index (χ1) is 17.2. The fourth-order valence-electron chi connectivity index (χ4n) is 5.10.